The van der Waals surface area contributed by atoms with E-state index >= 15 is 0 Å². The summed E-state index contributed by atoms with van der Waals surface area (Å²) in [4.78, 5) is 3.13. The maximum absolute atomic E-state index is 9.62. The lowest BCUT2D eigenvalue weighted by Gasteiger charge is -2.31. The number of nitrogens with zero attached hydrogens (tertiary/aromatic N) is 5. The molecular weight excluding hydrogens is 290 g/mol. The maximum Gasteiger partial charge on any atom is 0.186 e. The molecule has 0 amide bonds. The normalized spacial score (nSPS) is 18.3. The summed E-state index contributed by atoms with van der Waals surface area (Å²) in [5.74, 6) is 0. The zero-order valence-electron chi connectivity index (χ0n) is 13.1. The molecule has 0 fully saturated rings. The minimum Gasteiger partial charge on any atom is -0.375 e. The highest BCUT2D eigenvalue weighted by Gasteiger charge is 2.42. The lowest BCUT2D eigenvalue weighted by molar-refractivity contribution is 0.134. The molecule has 0 aliphatic carbocycles. The average Bonchev–Trinajstić information content (AvgIpc) is 2.93. The largest absolute Gasteiger partial charge is 0.375 e. The third-order valence-electron chi connectivity index (χ3n) is 3.69. The van der Waals surface area contributed by atoms with Crippen LogP contribution < -0.4 is 0 Å². The van der Waals surface area contributed by atoms with Gasteiger partial charge >= 0.3 is 0 Å². The molecule has 23 heavy (non-hydrogen) atoms. The number of ether oxygens (including phenoxy) is 1. The number of hydrogen-bond acceptors (Lipinski definition) is 6. The topological polar surface area (TPSA) is 87.1 Å². The van der Waals surface area contributed by atoms with Crippen molar-refractivity contribution in [1.82, 2.24) is 9.80 Å². The molecule has 2 rings (SSSR count). The predicted molar refractivity (Wildman–Crippen MR) is 82.7 cm³/mol. The smallest absolute Gasteiger partial charge is 0.186 e. The van der Waals surface area contributed by atoms with Crippen molar-refractivity contribution in [2.24, 2.45) is 0 Å². The molecule has 0 spiro atoms. The SMILES string of the molecule is CCOCC1=C(C#N)N(C(C)C#N)C(c2ccccc2)N1C#N. The lowest BCUT2D eigenvalue weighted by Crippen LogP contribution is -2.36. The number of nitriles is 3. The van der Waals surface area contributed by atoms with Gasteiger partial charge in [0.25, 0.3) is 0 Å². The van der Waals surface area contributed by atoms with Crippen LogP contribution in [-0.2, 0) is 4.74 Å². The number of rotatable bonds is 5. The highest BCUT2D eigenvalue weighted by atomic mass is 16.5. The van der Waals surface area contributed by atoms with E-state index in [0.29, 0.717) is 18.0 Å². The second-order valence-corrected chi connectivity index (χ2v) is 5.01. The van der Waals surface area contributed by atoms with E-state index in [2.05, 4.69) is 18.3 Å². The Kier molecular flexibility index (Phi) is 5.20. The van der Waals surface area contributed by atoms with Crippen LogP contribution in [0.2, 0.25) is 0 Å². The third kappa shape index (κ3) is 2.97. The summed E-state index contributed by atoms with van der Waals surface area (Å²) in [6, 6.07) is 13.1. The molecular formula is C17H17N5O. The van der Waals surface area contributed by atoms with Gasteiger partial charge in [-0.3, -0.25) is 4.90 Å². The Bertz CT molecular complexity index is 707. The van der Waals surface area contributed by atoms with Gasteiger partial charge in [-0.2, -0.15) is 15.8 Å². The molecule has 0 saturated heterocycles. The van der Waals surface area contributed by atoms with Gasteiger partial charge in [0, 0.05) is 6.61 Å². The van der Waals surface area contributed by atoms with Crippen LogP contribution in [0, 0.1) is 34.1 Å². The minimum atomic E-state index is -0.551. The van der Waals surface area contributed by atoms with E-state index in [0.717, 1.165) is 5.56 Å². The van der Waals surface area contributed by atoms with Crippen molar-refractivity contribution in [3.8, 4) is 18.3 Å². The maximum atomic E-state index is 9.62. The van der Waals surface area contributed by atoms with E-state index in [1.54, 1.807) is 11.8 Å². The number of benzene rings is 1. The lowest BCUT2D eigenvalue weighted by atomic mass is 10.1. The Hall–Kier alpha value is -3.01. The van der Waals surface area contributed by atoms with E-state index < -0.39 is 12.2 Å². The molecule has 1 aromatic carbocycles. The van der Waals surface area contributed by atoms with Crippen LogP contribution in [-0.4, -0.2) is 29.1 Å². The van der Waals surface area contributed by atoms with E-state index in [1.807, 2.05) is 37.3 Å². The van der Waals surface area contributed by atoms with Gasteiger partial charge in [0.05, 0.1) is 18.4 Å². The molecule has 2 atom stereocenters. The molecule has 116 valence electrons. The quantitative estimate of drug-likeness (QED) is 0.777. The van der Waals surface area contributed by atoms with Crippen LogP contribution in [0.5, 0.6) is 0 Å². The second-order valence-electron chi connectivity index (χ2n) is 5.01. The third-order valence-corrected chi connectivity index (χ3v) is 3.69. The summed E-state index contributed by atoms with van der Waals surface area (Å²) >= 11 is 0. The van der Waals surface area contributed by atoms with E-state index in [4.69, 9.17) is 4.74 Å². The zero-order valence-corrected chi connectivity index (χ0v) is 13.1. The van der Waals surface area contributed by atoms with Crippen LogP contribution in [0.1, 0.15) is 25.6 Å². The average molecular weight is 307 g/mol. The van der Waals surface area contributed by atoms with Gasteiger partial charge < -0.3 is 9.64 Å². The van der Waals surface area contributed by atoms with Crippen molar-refractivity contribution >= 4 is 0 Å². The summed E-state index contributed by atoms with van der Waals surface area (Å²) in [5.41, 5.74) is 1.64. The van der Waals surface area contributed by atoms with Gasteiger partial charge in [0.1, 0.15) is 24.0 Å². The Morgan fingerprint density at radius 2 is 1.91 bits per heavy atom. The first kappa shape index (κ1) is 16.4. The second kappa shape index (κ2) is 7.31. The van der Waals surface area contributed by atoms with E-state index in [9.17, 15) is 15.8 Å². The van der Waals surface area contributed by atoms with Gasteiger partial charge in [-0.05, 0) is 19.4 Å². The van der Waals surface area contributed by atoms with Gasteiger partial charge in [-0.15, -0.1) is 0 Å². The van der Waals surface area contributed by atoms with Crippen molar-refractivity contribution in [3.63, 3.8) is 0 Å². The Balaban J connectivity index is 2.56. The van der Waals surface area contributed by atoms with Crippen LogP contribution in [0.15, 0.2) is 41.7 Å². The van der Waals surface area contributed by atoms with E-state index in [1.165, 1.54) is 4.90 Å². The van der Waals surface area contributed by atoms with Crippen molar-refractivity contribution in [2.75, 3.05) is 13.2 Å². The van der Waals surface area contributed by atoms with Crippen molar-refractivity contribution in [3.05, 3.63) is 47.3 Å². The highest BCUT2D eigenvalue weighted by molar-refractivity contribution is 5.39. The molecule has 0 bridgehead atoms. The molecule has 0 radical (unpaired) electrons. The predicted octanol–water partition coefficient (Wildman–Crippen LogP) is 2.47. The first-order valence-corrected chi connectivity index (χ1v) is 7.32. The summed E-state index contributed by atoms with van der Waals surface area (Å²) in [7, 11) is 0. The molecule has 0 N–H and O–H groups in total. The van der Waals surface area contributed by atoms with Crippen LogP contribution in [0.25, 0.3) is 0 Å². The van der Waals surface area contributed by atoms with Crippen molar-refractivity contribution < 1.29 is 4.74 Å². The minimum absolute atomic E-state index is 0.158. The molecule has 6 heteroatoms. The first-order valence-electron chi connectivity index (χ1n) is 7.32. The van der Waals surface area contributed by atoms with Crippen molar-refractivity contribution in [1.29, 1.82) is 15.8 Å². The summed E-state index contributed by atoms with van der Waals surface area (Å²) in [6.07, 6.45) is 1.63. The summed E-state index contributed by atoms with van der Waals surface area (Å²) in [6.45, 7) is 4.20. The monoisotopic (exact) mass is 307 g/mol. The molecule has 6 nitrogen and oxygen atoms in total. The van der Waals surface area contributed by atoms with Crippen molar-refractivity contribution in [2.45, 2.75) is 26.1 Å². The Morgan fingerprint density at radius 3 is 2.43 bits per heavy atom. The van der Waals surface area contributed by atoms with Crippen LogP contribution in [0.3, 0.4) is 0 Å². The fourth-order valence-corrected chi connectivity index (χ4v) is 2.63. The van der Waals surface area contributed by atoms with Gasteiger partial charge in [-0.25, -0.2) is 0 Å². The highest BCUT2D eigenvalue weighted by Crippen LogP contribution is 2.40. The standard InChI is InChI=1S/C17H17N5O/c1-3-23-11-16-15(10-19)22(13(2)9-18)17(21(16)12-20)14-7-5-4-6-8-14/h4-8,13,17H,3,11H2,1-2H3. The zero-order chi connectivity index (χ0) is 16.8. The Labute approximate surface area is 136 Å². The molecule has 1 heterocycles. The molecule has 0 aromatic heterocycles. The van der Waals surface area contributed by atoms with Gasteiger partial charge in [-0.1, -0.05) is 30.3 Å². The molecule has 2 unspecified atom stereocenters. The molecule has 1 aliphatic rings. The van der Waals surface area contributed by atoms with Crippen LogP contribution >= 0.6 is 0 Å². The summed E-state index contributed by atoms with van der Waals surface area (Å²) < 4.78 is 5.42. The Morgan fingerprint density at radius 1 is 1.22 bits per heavy atom. The van der Waals surface area contributed by atoms with Gasteiger partial charge in [0.2, 0.25) is 0 Å². The van der Waals surface area contributed by atoms with Gasteiger partial charge in [0.15, 0.2) is 6.19 Å². The molecule has 1 aliphatic heterocycles. The van der Waals surface area contributed by atoms with E-state index in [-0.39, 0.29) is 6.61 Å². The summed E-state index contributed by atoms with van der Waals surface area (Å²) in [5, 5.41) is 28.5. The fourth-order valence-electron chi connectivity index (χ4n) is 2.63. The molecule has 1 aromatic rings. The molecule has 0 saturated carbocycles. The first-order chi connectivity index (χ1) is 11.2. The number of allylic oxidation sites excluding steroid dienone is 1. The number of hydrogen-bond donors (Lipinski definition) is 0. The fraction of sp³-hybridized carbons (Fsp3) is 0.353. The van der Waals surface area contributed by atoms with Crippen LogP contribution in [0.4, 0.5) is 0 Å².